The van der Waals surface area contributed by atoms with Gasteiger partial charge in [0.05, 0.1) is 0 Å². The van der Waals surface area contributed by atoms with Crippen LogP contribution in [0.2, 0.25) is 0 Å². The van der Waals surface area contributed by atoms with Crippen molar-refractivity contribution in [3.8, 4) is 11.1 Å². The van der Waals surface area contributed by atoms with Gasteiger partial charge in [-0.15, -0.1) is 0 Å². The predicted octanol–water partition coefficient (Wildman–Crippen LogP) is 0.916. The molecule has 0 aliphatic carbocycles. The highest BCUT2D eigenvalue weighted by atomic mass is 16.5. The van der Waals surface area contributed by atoms with Crippen LogP contribution in [0.15, 0.2) is 54.6 Å². The molecular weight excluding hydrogens is 282 g/mol. The van der Waals surface area contributed by atoms with E-state index in [4.69, 9.17) is 10.9 Å². The van der Waals surface area contributed by atoms with Crippen molar-refractivity contribution >= 4 is 11.8 Å². The summed E-state index contributed by atoms with van der Waals surface area (Å²) in [5, 5.41) is 11.0. The summed E-state index contributed by atoms with van der Waals surface area (Å²) in [6.45, 7) is -0.0638. The summed E-state index contributed by atoms with van der Waals surface area (Å²) < 4.78 is 0. The molecule has 2 rings (SSSR count). The highest BCUT2D eigenvalue weighted by Crippen LogP contribution is 2.19. The fourth-order valence-electron chi connectivity index (χ4n) is 1.92. The monoisotopic (exact) mass is 299 g/mol. The Kier molecular flexibility index (Phi) is 5.24. The molecule has 2 aromatic carbocycles. The zero-order valence-electron chi connectivity index (χ0n) is 11.8. The molecule has 0 bridgehead atoms. The summed E-state index contributed by atoms with van der Waals surface area (Å²) >= 11 is 0. The first kappa shape index (κ1) is 15.7. The van der Waals surface area contributed by atoms with E-state index in [0.717, 1.165) is 11.1 Å². The summed E-state index contributed by atoms with van der Waals surface area (Å²) in [6.07, 6.45) is 0. The lowest BCUT2D eigenvalue weighted by Gasteiger charge is -2.11. The van der Waals surface area contributed by atoms with E-state index < -0.39 is 11.9 Å². The molecule has 0 saturated carbocycles. The van der Waals surface area contributed by atoms with Gasteiger partial charge in [0.15, 0.2) is 0 Å². The molecule has 6 nitrogen and oxygen atoms in total. The Labute approximate surface area is 127 Å². The first-order valence-corrected chi connectivity index (χ1v) is 6.75. The normalized spacial score (nSPS) is 11.5. The summed E-state index contributed by atoms with van der Waals surface area (Å²) in [5.74, 6) is -1.08. The molecule has 0 spiro atoms. The van der Waals surface area contributed by atoms with Crippen molar-refractivity contribution in [1.82, 2.24) is 10.8 Å². The highest BCUT2D eigenvalue weighted by Gasteiger charge is 2.14. The second-order valence-corrected chi connectivity index (χ2v) is 4.74. The number of nitrogens with two attached hydrogens (primary N) is 1. The average Bonchev–Trinajstić information content (AvgIpc) is 2.59. The second-order valence-electron chi connectivity index (χ2n) is 4.74. The van der Waals surface area contributed by atoms with Gasteiger partial charge in [0, 0.05) is 12.1 Å². The largest absolute Gasteiger partial charge is 0.350 e. The molecule has 1 atom stereocenters. The molecule has 0 aliphatic rings. The lowest BCUT2D eigenvalue weighted by atomic mass is 10.0. The minimum absolute atomic E-state index is 0.0638. The maximum Gasteiger partial charge on any atom is 0.262 e. The number of hydrogen-bond donors (Lipinski definition) is 4. The van der Waals surface area contributed by atoms with Gasteiger partial charge in [0.25, 0.3) is 11.8 Å². The first-order valence-electron chi connectivity index (χ1n) is 6.75. The van der Waals surface area contributed by atoms with Crippen LogP contribution in [0.4, 0.5) is 0 Å². The van der Waals surface area contributed by atoms with Gasteiger partial charge >= 0.3 is 0 Å². The molecule has 0 fully saturated rings. The summed E-state index contributed by atoms with van der Waals surface area (Å²) in [6, 6.07) is 15.9. The molecule has 0 aliphatic heterocycles. The summed E-state index contributed by atoms with van der Waals surface area (Å²) in [7, 11) is 0. The summed E-state index contributed by atoms with van der Waals surface area (Å²) in [5.41, 5.74) is 9.45. The van der Waals surface area contributed by atoms with Gasteiger partial charge in [-0.05, 0) is 23.3 Å². The van der Waals surface area contributed by atoms with Crippen LogP contribution in [0.25, 0.3) is 11.1 Å². The lowest BCUT2D eigenvalue weighted by molar-refractivity contribution is -0.130. The number of benzene rings is 2. The molecule has 6 heteroatoms. The van der Waals surface area contributed by atoms with E-state index in [2.05, 4.69) is 5.32 Å². The van der Waals surface area contributed by atoms with Gasteiger partial charge in [-0.3, -0.25) is 14.8 Å². The Hall–Kier alpha value is -2.70. The third-order valence-corrected chi connectivity index (χ3v) is 3.18. The van der Waals surface area contributed by atoms with Crippen LogP contribution in [-0.2, 0) is 4.79 Å². The van der Waals surface area contributed by atoms with Crippen molar-refractivity contribution < 1.29 is 14.8 Å². The molecule has 2 amide bonds. The molecule has 114 valence electrons. The molecule has 0 aromatic heterocycles. The Bertz CT molecular complexity index is 641. The standard InChI is InChI=1S/C16H17N3O3/c17-14(16(21)19-22)10-18-15(20)13-8-6-12(7-9-13)11-4-2-1-3-5-11/h1-9,14,22H,10,17H2,(H,18,20)(H,19,21)/t14-/m1/s1. The molecule has 0 saturated heterocycles. The molecule has 0 radical (unpaired) electrons. The molecule has 5 N–H and O–H groups in total. The van der Waals surface area contributed by atoms with Crippen molar-refractivity contribution in [3.63, 3.8) is 0 Å². The van der Waals surface area contributed by atoms with Crippen molar-refractivity contribution in [2.24, 2.45) is 5.73 Å². The van der Waals surface area contributed by atoms with Crippen LogP contribution in [0, 0.1) is 0 Å². The number of nitrogens with one attached hydrogen (secondary N) is 2. The van der Waals surface area contributed by atoms with E-state index in [1.165, 1.54) is 5.48 Å². The maximum atomic E-state index is 11.9. The topological polar surface area (TPSA) is 104 Å². The van der Waals surface area contributed by atoms with E-state index in [-0.39, 0.29) is 12.5 Å². The maximum absolute atomic E-state index is 11.9. The van der Waals surface area contributed by atoms with E-state index >= 15 is 0 Å². The predicted molar refractivity (Wildman–Crippen MR) is 82.1 cm³/mol. The van der Waals surface area contributed by atoms with Gasteiger partial charge in [-0.2, -0.15) is 0 Å². The molecule has 22 heavy (non-hydrogen) atoms. The van der Waals surface area contributed by atoms with Gasteiger partial charge in [0.2, 0.25) is 0 Å². The second kappa shape index (κ2) is 7.35. The lowest BCUT2D eigenvalue weighted by Crippen LogP contribution is -2.47. The third-order valence-electron chi connectivity index (χ3n) is 3.18. The van der Waals surface area contributed by atoms with E-state index in [1.54, 1.807) is 12.1 Å². The Morgan fingerprint density at radius 3 is 2.18 bits per heavy atom. The fourth-order valence-corrected chi connectivity index (χ4v) is 1.92. The molecule has 0 unspecified atom stereocenters. The number of hydrogen-bond acceptors (Lipinski definition) is 4. The van der Waals surface area contributed by atoms with Crippen molar-refractivity contribution in [2.45, 2.75) is 6.04 Å². The van der Waals surface area contributed by atoms with Gasteiger partial charge in [-0.1, -0.05) is 42.5 Å². The number of hydroxylamine groups is 1. The van der Waals surface area contributed by atoms with Crippen LogP contribution in [0.1, 0.15) is 10.4 Å². The van der Waals surface area contributed by atoms with Gasteiger partial charge in [-0.25, -0.2) is 5.48 Å². The Morgan fingerprint density at radius 1 is 1.00 bits per heavy atom. The SMILES string of the molecule is N[C@H](CNC(=O)c1ccc(-c2ccccc2)cc1)C(=O)NO. The fraction of sp³-hybridized carbons (Fsp3) is 0.125. The van der Waals surface area contributed by atoms with E-state index in [9.17, 15) is 9.59 Å². The smallest absolute Gasteiger partial charge is 0.262 e. The number of amides is 2. The van der Waals surface area contributed by atoms with Gasteiger partial charge in [0.1, 0.15) is 6.04 Å². The van der Waals surface area contributed by atoms with E-state index in [0.29, 0.717) is 5.56 Å². The van der Waals surface area contributed by atoms with Gasteiger partial charge < -0.3 is 11.1 Å². The third kappa shape index (κ3) is 3.91. The van der Waals surface area contributed by atoms with Crippen LogP contribution in [0.3, 0.4) is 0 Å². The minimum atomic E-state index is -1.00. The minimum Gasteiger partial charge on any atom is -0.350 e. The average molecular weight is 299 g/mol. The van der Waals surface area contributed by atoms with E-state index in [1.807, 2.05) is 42.5 Å². The number of carbonyl (C=O) groups is 2. The van der Waals surface area contributed by atoms with Crippen LogP contribution < -0.4 is 16.5 Å². The molecular formula is C16H17N3O3. The Balaban J connectivity index is 1.98. The summed E-state index contributed by atoms with van der Waals surface area (Å²) in [4.78, 5) is 23.0. The van der Waals surface area contributed by atoms with Crippen molar-refractivity contribution in [2.75, 3.05) is 6.54 Å². The number of rotatable bonds is 5. The zero-order chi connectivity index (χ0) is 15.9. The van der Waals surface area contributed by atoms with Crippen molar-refractivity contribution in [3.05, 3.63) is 60.2 Å². The molecule has 2 aromatic rings. The van der Waals surface area contributed by atoms with Crippen LogP contribution in [0.5, 0.6) is 0 Å². The molecule has 0 heterocycles. The quantitative estimate of drug-likeness (QED) is 0.486. The Morgan fingerprint density at radius 2 is 1.59 bits per heavy atom. The van der Waals surface area contributed by atoms with Crippen LogP contribution >= 0.6 is 0 Å². The first-order chi connectivity index (χ1) is 10.6. The van der Waals surface area contributed by atoms with Crippen LogP contribution in [-0.4, -0.2) is 29.6 Å². The van der Waals surface area contributed by atoms with Crippen molar-refractivity contribution in [1.29, 1.82) is 0 Å². The number of carbonyl (C=O) groups excluding carboxylic acids is 2. The zero-order valence-corrected chi connectivity index (χ0v) is 11.8. The highest BCUT2D eigenvalue weighted by molar-refractivity contribution is 5.95.